The van der Waals surface area contributed by atoms with Crippen molar-refractivity contribution in [1.82, 2.24) is 0 Å². The molecular formula is C15H29F. The standard InChI is InChI=1S/C15H29F/c1-5-7-8-9-15(16)11(3)10-14-12(4)13(14)6-2/h11-15H,5-10H2,1-4H3. The van der Waals surface area contributed by atoms with Crippen molar-refractivity contribution in [2.75, 3.05) is 0 Å². The topological polar surface area (TPSA) is 0 Å². The van der Waals surface area contributed by atoms with Gasteiger partial charge < -0.3 is 0 Å². The number of hydrogen-bond donors (Lipinski definition) is 0. The van der Waals surface area contributed by atoms with Crippen molar-refractivity contribution in [3.05, 3.63) is 0 Å². The summed E-state index contributed by atoms with van der Waals surface area (Å²) in [4.78, 5) is 0. The van der Waals surface area contributed by atoms with E-state index in [4.69, 9.17) is 0 Å². The molecule has 16 heavy (non-hydrogen) atoms. The molecular weight excluding hydrogens is 199 g/mol. The Bertz CT molecular complexity index is 190. The van der Waals surface area contributed by atoms with Gasteiger partial charge in [0.15, 0.2) is 0 Å². The second-order valence-corrected chi connectivity index (χ2v) is 5.82. The van der Waals surface area contributed by atoms with E-state index < -0.39 is 6.17 Å². The molecule has 0 amide bonds. The molecule has 0 bridgehead atoms. The Morgan fingerprint density at radius 2 is 1.81 bits per heavy atom. The first-order chi connectivity index (χ1) is 7.61. The summed E-state index contributed by atoms with van der Waals surface area (Å²) in [6, 6.07) is 0. The average Bonchev–Trinajstić information content (AvgIpc) is 2.88. The molecule has 0 aliphatic heterocycles. The number of alkyl halides is 1. The first kappa shape index (κ1) is 14.0. The largest absolute Gasteiger partial charge is 0.247 e. The van der Waals surface area contributed by atoms with Gasteiger partial charge in [0.05, 0.1) is 0 Å². The van der Waals surface area contributed by atoms with Crippen molar-refractivity contribution >= 4 is 0 Å². The van der Waals surface area contributed by atoms with Crippen LogP contribution in [-0.4, -0.2) is 6.17 Å². The van der Waals surface area contributed by atoms with Crippen molar-refractivity contribution in [1.29, 1.82) is 0 Å². The maximum atomic E-state index is 13.9. The fraction of sp³-hybridized carbons (Fsp3) is 1.00. The molecule has 96 valence electrons. The molecule has 1 heteroatoms. The highest BCUT2D eigenvalue weighted by Gasteiger charge is 2.45. The third-order valence-corrected chi connectivity index (χ3v) is 4.58. The highest BCUT2D eigenvalue weighted by atomic mass is 19.1. The molecule has 1 fully saturated rings. The van der Waals surface area contributed by atoms with Crippen molar-refractivity contribution < 1.29 is 4.39 Å². The van der Waals surface area contributed by atoms with E-state index >= 15 is 0 Å². The molecule has 0 aromatic rings. The van der Waals surface area contributed by atoms with Crippen molar-refractivity contribution in [2.45, 2.75) is 72.4 Å². The van der Waals surface area contributed by atoms with E-state index in [1.807, 2.05) is 0 Å². The number of hydrogen-bond acceptors (Lipinski definition) is 0. The molecule has 1 aliphatic rings. The molecule has 1 saturated carbocycles. The summed E-state index contributed by atoms with van der Waals surface area (Å²) >= 11 is 0. The summed E-state index contributed by atoms with van der Waals surface area (Å²) in [5, 5.41) is 0. The first-order valence-electron chi connectivity index (χ1n) is 7.25. The lowest BCUT2D eigenvalue weighted by molar-refractivity contribution is 0.203. The third kappa shape index (κ3) is 3.75. The van der Waals surface area contributed by atoms with Gasteiger partial charge in [-0.1, -0.05) is 53.4 Å². The summed E-state index contributed by atoms with van der Waals surface area (Å²) in [5.74, 6) is 2.85. The van der Waals surface area contributed by atoms with E-state index in [2.05, 4.69) is 27.7 Å². The SMILES string of the molecule is CCCCCC(F)C(C)CC1C(C)C1CC. The Kier molecular flexibility index (Phi) is 5.78. The second-order valence-electron chi connectivity index (χ2n) is 5.82. The zero-order valence-corrected chi connectivity index (χ0v) is 11.5. The summed E-state index contributed by atoms with van der Waals surface area (Å²) in [7, 11) is 0. The van der Waals surface area contributed by atoms with E-state index in [1.165, 1.54) is 19.3 Å². The smallest absolute Gasteiger partial charge is 0.103 e. The van der Waals surface area contributed by atoms with Crippen LogP contribution in [0.3, 0.4) is 0 Å². The molecule has 5 atom stereocenters. The highest BCUT2D eigenvalue weighted by Crippen LogP contribution is 2.52. The maximum absolute atomic E-state index is 13.9. The van der Waals surface area contributed by atoms with Crippen LogP contribution in [0, 0.1) is 23.7 Å². The molecule has 0 heterocycles. The molecule has 0 aromatic heterocycles. The zero-order chi connectivity index (χ0) is 12.1. The lowest BCUT2D eigenvalue weighted by Crippen LogP contribution is -2.13. The van der Waals surface area contributed by atoms with Gasteiger partial charge >= 0.3 is 0 Å². The number of halogens is 1. The molecule has 1 rings (SSSR count). The van der Waals surface area contributed by atoms with Crippen molar-refractivity contribution in [2.24, 2.45) is 23.7 Å². The molecule has 0 aromatic carbocycles. The van der Waals surface area contributed by atoms with E-state index in [0.717, 1.165) is 37.0 Å². The molecule has 5 unspecified atom stereocenters. The van der Waals surface area contributed by atoms with Gasteiger partial charge in [-0.3, -0.25) is 0 Å². The van der Waals surface area contributed by atoms with Crippen LogP contribution >= 0.6 is 0 Å². The van der Waals surface area contributed by atoms with Crippen LogP contribution in [0.2, 0.25) is 0 Å². The fourth-order valence-electron chi connectivity index (χ4n) is 3.15. The Balaban J connectivity index is 2.16. The van der Waals surface area contributed by atoms with Gasteiger partial charge in [0, 0.05) is 0 Å². The molecule has 1 aliphatic carbocycles. The van der Waals surface area contributed by atoms with Crippen LogP contribution in [-0.2, 0) is 0 Å². The van der Waals surface area contributed by atoms with E-state index in [1.54, 1.807) is 0 Å². The summed E-state index contributed by atoms with van der Waals surface area (Å²) in [5.41, 5.74) is 0. The van der Waals surface area contributed by atoms with E-state index in [9.17, 15) is 4.39 Å². The predicted octanol–water partition coefficient (Wildman–Crippen LogP) is 5.22. The molecule has 0 nitrogen and oxygen atoms in total. The van der Waals surface area contributed by atoms with Crippen LogP contribution in [0.15, 0.2) is 0 Å². The predicted molar refractivity (Wildman–Crippen MR) is 69.3 cm³/mol. The normalized spacial score (nSPS) is 32.4. The Morgan fingerprint density at radius 1 is 1.12 bits per heavy atom. The second kappa shape index (κ2) is 6.61. The zero-order valence-electron chi connectivity index (χ0n) is 11.5. The van der Waals surface area contributed by atoms with Crippen LogP contribution in [0.25, 0.3) is 0 Å². The summed E-state index contributed by atoms with van der Waals surface area (Å²) < 4.78 is 13.9. The first-order valence-corrected chi connectivity index (χ1v) is 7.25. The maximum Gasteiger partial charge on any atom is 0.103 e. The number of rotatable bonds is 8. The highest BCUT2D eigenvalue weighted by molar-refractivity contribution is 4.94. The Morgan fingerprint density at radius 3 is 2.31 bits per heavy atom. The van der Waals surface area contributed by atoms with Gasteiger partial charge in [-0.05, 0) is 36.5 Å². The van der Waals surface area contributed by atoms with Crippen LogP contribution in [0.4, 0.5) is 4.39 Å². The minimum absolute atomic E-state index is 0.279. The molecule has 0 spiro atoms. The average molecular weight is 228 g/mol. The lowest BCUT2D eigenvalue weighted by atomic mass is 9.94. The Hall–Kier alpha value is -0.0700. The monoisotopic (exact) mass is 228 g/mol. The minimum Gasteiger partial charge on any atom is -0.247 e. The van der Waals surface area contributed by atoms with E-state index in [-0.39, 0.29) is 5.92 Å². The van der Waals surface area contributed by atoms with Gasteiger partial charge in [0.1, 0.15) is 6.17 Å². The molecule has 0 saturated heterocycles. The lowest BCUT2D eigenvalue weighted by Gasteiger charge is -2.16. The van der Waals surface area contributed by atoms with Crippen LogP contribution < -0.4 is 0 Å². The molecule has 0 N–H and O–H groups in total. The van der Waals surface area contributed by atoms with Gasteiger partial charge in [-0.25, -0.2) is 4.39 Å². The van der Waals surface area contributed by atoms with Crippen LogP contribution in [0.1, 0.15) is 66.2 Å². The van der Waals surface area contributed by atoms with Crippen LogP contribution in [0.5, 0.6) is 0 Å². The van der Waals surface area contributed by atoms with Crippen molar-refractivity contribution in [3.8, 4) is 0 Å². The summed E-state index contributed by atoms with van der Waals surface area (Å²) in [6.07, 6.45) is 6.07. The van der Waals surface area contributed by atoms with Gasteiger partial charge in [0.2, 0.25) is 0 Å². The summed E-state index contributed by atoms with van der Waals surface area (Å²) in [6.45, 7) is 8.87. The fourth-order valence-corrected chi connectivity index (χ4v) is 3.15. The number of unbranched alkanes of at least 4 members (excludes halogenated alkanes) is 2. The Labute approximate surface area is 101 Å². The van der Waals surface area contributed by atoms with Gasteiger partial charge in [0.25, 0.3) is 0 Å². The van der Waals surface area contributed by atoms with E-state index in [0.29, 0.717) is 0 Å². The van der Waals surface area contributed by atoms with Gasteiger partial charge in [-0.15, -0.1) is 0 Å². The van der Waals surface area contributed by atoms with Gasteiger partial charge in [-0.2, -0.15) is 0 Å². The third-order valence-electron chi connectivity index (χ3n) is 4.58. The minimum atomic E-state index is -0.558. The van der Waals surface area contributed by atoms with Crippen molar-refractivity contribution in [3.63, 3.8) is 0 Å². The molecule has 0 radical (unpaired) electrons. The quantitative estimate of drug-likeness (QED) is 0.499.